The molecule has 0 saturated carbocycles. The summed E-state index contributed by atoms with van der Waals surface area (Å²) in [5.41, 5.74) is 0.704. The van der Waals surface area contributed by atoms with Gasteiger partial charge < -0.3 is 9.80 Å². The number of Topliss-reactive ketones (excluding diaryl/α,β-unsaturated/α-hetero) is 1. The Labute approximate surface area is 178 Å². The zero-order chi connectivity index (χ0) is 21.8. The van der Waals surface area contributed by atoms with Gasteiger partial charge in [-0.05, 0) is 39.2 Å². The molecule has 0 radical (unpaired) electrons. The second kappa shape index (κ2) is 9.44. The molecular weight excluding hydrogens is 407 g/mol. The molecular formula is C21H25FN4O3S. The van der Waals surface area contributed by atoms with Gasteiger partial charge in [-0.3, -0.25) is 19.7 Å². The first kappa shape index (κ1) is 22.0. The molecule has 7 nitrogen and oxygen atoms in total. The highest BCUT2D eigenvalue weighted by molar-refractivity contribution is 7.17. The number of likely N-dealkylation sites (N-methyl/N-ethyl adjacent to an activating group) is 2. The van der Waals surface area contributed by atoms with Crippen molar-refractivity contribution in [1.29, 1.82) is 0 Å². The van der Waals surface area contributed by atoms with Gasteiger partial charge in [0.05, 0.1) is 16.5 Å². The molecule has 2 amide bonds. The van der Waals surface area contributed by atoms with Crippen molar-refractivity contribution < 1.29 is 18.8 Å². The summed E-state index contributed by atoms with van der Waals surface area (Å²) in [5.74, 6) is -1.63. The number of carbonyl (C=O) groups excluding carboxylic acids is 3. The average molecular weight is 433 g/mol. The van der Waals surface area contributed by atoms with E-state index in [1.807, 2.05) is 25.9 Å². The summed E-state index contributed by atoms with van der Waals surface area (Å²) >= 11 is 1.09. The van der Waals surface area contributed by atoms with E-state index in [4.69, 9.17) is 0 Å². The van der Waals surface area contributed by atoms with Crippen LogP contribution in [0.3, 0.4) is 0 Å². The number of hydrogen-bond donors (Lipinski definition) is 1. The van der Waals surface area contributed by atoms with Crippen LogP contribution in [0.15, 0.2) is 24.3 Å². The molecule has 2 aromatic rings. The number of nitrogens with one attached hydrogen (secondary N) is 1. The molecule has 1 aromatic carbocycles. The number of thiazole rings is 1. The summed E-state index contributed by atoms with van der Waals surface area (Å²) in [4.78, 5) is 46.5. The first-order valence-corrected chi connectivity index (χ1v) is 10.6. The van der Waals surface area contributed by atoms with Crippen LogP contribution in [0.1, 0.15) is 39.1 Å². The molecule has 0 saturated heterocycles. The Hall–Kier alpha value is -2.65. The molecule has 1 aliphatic rings. The number of anilines is 1. The molecule has 1 heterocycles. The van der Waals surface area contributed by atoms with E-state index in [1.54, 1.807) is 4.90 Å². The number of aromatic nitrogens is 1. The predicted octanol–water partition coefficient (Wildman–Crippen LogP) is 2.69. The lowest BCUT2D eigenvalue weighted by atomic mass is 9.89. The van der Waals surface area contributed by atoms with E-state index in [2.05, 4.69) is 10.3 Å². The zero-order valence-electron chi connectivity index (χ0n) is 17.3. The number of fused-ring (bicyclic) bond motifs is 1. The maximum absolute atomic E-state index is 13.3. The highest BCUT2D eigenvalue weighted by Crippen LogP contribution is 2.33. The fraction of sp³-hybridized carbons (Fsp3) is 0.429. The topological polar surface area (TPSA) is 82.6 Å². The predicted molar refractivity (Wildman–Crippen MR) is 113 cm³/mol. The molecule has 3 rings (SSSR count). The number of halogens is 1. The largest absolute Gasteiger partial charge is 0.341 e. The lowest BCUT2D eigenvalue weighted by molar-refractivity contribution is -0.135. The second-order valence-electron chi connectivity index (χ2n) is 7.51. The van der Waals surface area contributed by atoms with Crippen LogP contribution >= 0.6 is 11.3 Å². The molecule has 1 N–H and O–H groups in total. The minimum absolute atomic E-state index is 0.0447. The van der Waals surface area contributed by atoms with E-state index in [0.29, 0.717) is 30.1 Å². The van der Waals surface area contributed by atoms with Crippen molar-refractivity contribution in [3.63, 3.8) is 0 Å². The van der Waals surface area contributed by atoms with Crippen LogP contribution in [-0.2, 0) is 11.2 Å². The maximum Gasteiger partial charge on any atom is 0.257 e. The molecule has 0 aliphatic heterocycles. The van der Waals surface area contributed by atoms with Crippen molar-refractivity contribution in [3.05, 3.63) is 46.2 Å². The molecule has 0 spiro atoms. The van der Waals surface area contributed by atoms with Crippen molar-refractivity contribution in [2.45, 2.75) is 19.8 Å². The molecule has 1 atom stereocenters. The van der Waals surface area contributed by atoms with Gasteiger partial charge in [0, 0.05) is 38.0 Å². The molecule has 1 unspecified atom stereocenters. The van der Waals surface area contributed by atoms with Crippen LogP contribution in [0.25, 0.3) is 0 Å². The fourth-order valence-corrected chi connectivity index (χ4v) is 4.30. The summed E-state index contributed by atoms with van der Waals surface area (Å²) in [6.07, 6.45) is 0.508. The Balaban J connectivity index is 1.71. The number of ketones is 1. The van der Waals surface area contributed by atoms with Crippen molar-refractivity contribution >= 4 is 34.1 Å². The van der Waals surface area contributed by atoms with Gasteiger partial charge in [0.1, 0.15) is 5.82 Å². The molecule has 1 aliphatic carbocycles. The van der Waals surface area contributed by atoms with Gasteiger partial charge >= 0.3 is 0 Å². The van der Waals surface area contributed by atoms with E-state index in [1.165, 1.54) is 18.2 Å². The van der Waals surface area contributed by atoms with Gasteiger partial charge in [0.15, 0.2) is 10.9 Å². The van der Waals surface area contributed by atoms with Gasteiger partial charge in [0.25, 0.3) is 5.91 Å². The normalized spacial score (nSPS) is 15.8. The SMILES string of the molecule is CCN(CCN(C)C)C(=O)C1CC(=O)c2sc(NC(=O)c3cccc(F)c3)nc2C1. The van der Waals surface area contributed by atoms with Gasteiger partial charge in [-0.25, -0.2) is 9.37 Å². The number of rotatable bonds is 7. The highest BCUT2D eigenvalue weighted by Gasteiger charge is 2.35. The monoisotopic (exact) mass is 432 g/mol. The van der Waals surface area contributed by atoms with Crippen LogP contribution in [0.2, 0.25) is 0 Å². The van der Waals surface area contributed by atoms with Gasteiger partial charge in [-0.15, -0.1) is 0 Å². The summed E-state index contributed by atoms with van der Waals surface area (Å²) in [5, 5.41) is 2.90. The van der Waals surface area contributed by atoms with E-state index >= 15 is 0 Å². The zero-order valence-corrected chi connectivity index (χ0v) is 18.1. The highest BCUT2D eigenvalue weighted by atomic mass is 32.1. The van der Waals surface area contributed by atoms with Gasteiger partial charge in [-0.1, -0.05) is 17.4 Å². The summed E-state index contributed by atoms with van der Waals surface area (Å²) in [6, 6.07) is 5.34. The van der Waals surface area contributed by atoms with Gasteiger partial charge in [0.2, 0.25) is 5.91 Å². The van der Waals surface area contributed by atoms with Gasteiger partial charge in [-0.2, -0.15) is 0 Å². The van der Waals surface area contributed by atoms with Crippen LogP contribution in [0, 0.1) is 11.7 Å². The van der Waals surface area contributed by atoms with Crippen LogP contribution in [-0.4, -0.2) is 66.1 Å². The number of carbonyl (C=O) groups is 3. The first-order valence-electron chi connectivity index (χ1n) is 9.81. The Morgan fingerprint density at radius 3 is 2.70 bits per heavy atom. The third kappa shape index (κ3) is 5.09. The Bertz CT molecular complexity index is 959. The van der Waals surface area contributed by atoms with Crippen molar-refractivity contribution in [1.82, 2.24) is 14.8 Å². The Kier molecular flexibility index (Phi) is 6.94. The van der Waals surface area contributed by atoms with Crippen molar-refractivity contribution in [2.75, 3.05) is 39.0 Å². The van der Waals surface area contributed by atoms with Crippen LogP contribution in [0.5, 0.6) is 0 Å². The maximum atomic E-state index is 13.3. The Morgan fingerprint density at radius 1 is 1.27 bits per heavy atom. The molecule has 0 bridgehead atoms. The number of hydrogen-bond acceptors (Lipinski definition) is 6. The molecule has 1 aromatic heterocycles. The third-order valence-corrected chi connectivity index (χ3v) is 6.04. The molecule has 9 heteroatoms. The number of benzene rings is 1. The van der Waals surface area contributed by atoms with E-state index in [0.717, 1.165) is 23.9 Å². The quantitative estimate of drug-likeness (QED) is 0.727. The van der Waals surface area contributed by atoms with Crippen LogP contribution < -0.4 is 5.32 Å². The summed E-state index contributed by atoms with van der Waals surface area (Å²) in [7, 11) is 3.90. The standard InChI is InChI=1S/C21H25FN4O3S/c1-4-26(9-8-25(2)3)20(29)14-11-16-18(17(27)12-14)30-21(23-16)24-19(28)13-6-5-7-15(22)10-13/h5-7,10,14H,4,8-9,11-12H2,1-3H3,(H,23,24,28). The van der Waals surface area contributed by atoms with Crippen molar-refractivity contribution in [3.8, 4) is 0 Å². The number of nitrogens with zero attached hydrogens (tertiary/aromatic N) is 3. The summed E-state index contributed by atoms with van der Waals surface area (Å²) < 4.78 is 13.3. The first-order chi connectivity index (χ1) is 14.3. The Morgan fingerprint density at radius 2 is 2.03 bits per heavy atom. The van der Waals surface area contributed by atoms with E-state index in [9.17, 15) is 18.8 Å². The average Bonchev–Trinajstić information content (AvgIpc) is 3.11. The lowest BCUT2D eigenvalue weighted by Gasteiger charge is -2.28. The lowest BCUT2D eigenvalue weighted by Crippen LogP contribution is -2.42. The van der Waals surface area contributed by atoms with E-state index < -0.39 is 17.6 Å². The van der Waals surface area contributed by atoms with Crippen LogP contribution in [0.4, 0.5) is 9.52 Å². The fourth-order valence-electron chi connectivity index (χ4n) is 3.36. The smallest absolute Gasteiger partial charge is 0.257 e. The third-order valence-electron chi connectivity index (χ3n) is 4.99. The van der Waals surface area contributed by atoms with Crippen molar-refractivity contribution in [2.24, 2.45) is 5.92 Å². The molecule has 160 valence electrons. The molecule has 0 fully saturated rings. The summed E-state index contributed by atoms with van der Waals surface area (Å²) in [6.45, 7) is 3.85. The minimum atomic E-state index is -0.507. The molecule has 30 heavy (non-hydrogen) atoms. The number of amides is 2. The second-order valence-corrected chi connectivity index (χ2v) is 8.51. The minimum Gasteiger partial charge on any atom is -0.341 e. The van der Waals surface area contributed by atoms with E-state index in [-0.39, 0.29) is 28.8 Å².